The second kappa shape index (κ2) is 2.46. The van der Waals surface area contributed by atoms with E-state index in [1.54, 1.807) is 0 Å². The second-order valence-electron chi connectivity index (χ2n) is 2.27. The van der Waals surface area contributed by atoms with Gasteiger partial charge in [0.15, 0.2) is 10.6 Å². The maximum Gasteiger partial charge on any atom is 0.350 e. The lowest BCUT2D eigenvalue weighted by molar-refractivity contribution is -0.130. The number of aliphatic carboxylic acids is 1. The number of Topliss-reactive ketones (excluding diaryl/α,β-unsaturated/α-hetero) is 1. The second-order valence-corrected chi connectivity index (χ2v) is 2.68. The molecule has 0 unspecified atom stereocenters. The third-order valence-corrected chi connectivity index (χ3v) is 1.74. The lowest BCUT2D eigenvalue weighted by Gasteiger charge is -1.91. The Morgan fingerprint density at radius 2 is 1.90 bits per heavy atom. The zero-order valence-electron chi connectivity index (χ0n) is 5.16. The summed E-state index contributed by atoms with van der Waals surface area (Å²) in [5.74, 6) is -1.72. The van der Waals surface area contributed by atoms with Crippen LogP contribution in [0, 0.1) is 5.92 Å². The van der Waals surface area contributed by atoms with Gasteiger partial charge in [0.1, 0.15) is 0 Å². The van der Waals surface area contributed by atoms with Crippen molar-refractivity contribution >= 4 is 28.8 Å². The van der Waals surface area contributed by atoms with Crippen molar-refractivity contribution in [3.05, 3.63) is 0 Å². The van der Waals surface area contributed by atoms with Crippen LogP contribution in [-0.4, -0.2) is 21.7 Å². The molecule has 1 fully saturated rings. The molecule has 0 saturated heterocycles. The zero-order chi connectivity index (χ0) is 7.72. The molecule has 0 aromatic rings. The summed E-state index contributed by atoms with van der Waals surface area (Å²) < 4.78 is 0. The van der Waals surface area contributed by atoms with Crippen LogP contribution in [0.15, 0.2) is 0 Å². The van der Waals surface area contributed by atoms with E-state index < -0.39 is 10.8 Å². The number of carbonyl (C=O) groups excluding carboxylic acids is 1. The first-order valence-electron chi connectivity index (χ1n) is 2.94. The first-order valence-corrected chi connectivity index (χ1v) is 3.35. The van der Waals surface area contributed by atoms with Gasteiger partial charge in [-0.25, -0.2) is 4.79 Å². The van der Waals surface area contributed by atoms with Crippen LogP contribution in [0.2, 0.25) is 0 Å². The van der Waals surface area contributed by atoms with Crippen LogP contribution in [0.25, 0.3) is 0 Å². The summed E-state index contributed by atoms with van der Waals surface area (Å²) in [5.41, 5.74) is 0. The molecule has 0 amide bonds. The molecule has 1 aliphatic rings. The minimum absolute atomic E-state index is 0.0800. The molecule has 3 nitrogen and oxygen atoms in total. The molecule has 0 aromatic carbocycles. The molecule has 0 aliphatic heterocycles. The van der Waals surface area contributed by atoms with E-state index in [9.17, 15) is 9.59 Å². The maximum absolute atomic E-state index is 10.8. The minimum Gasteiger partial charge on any atom is -0.477 e. The van der Waals surface area contributed by atoms with E-state index in [2.05, 4.69) is 12.2 Å². The fourth-order valence-electron chi connectivity index (χ4n) is 0.636. The van der Waals surface area contributed by atoms with Crippen LogP contribution in [0.5, 0.6) is 0 Å². The van der Waals surface area contributed by atoms with Crippen molar-refractivity contribution in [3.8, 4) is 0 Å². The van der Waals surface area contributed by atoms with Crippen molar-refractivity contribution in [1.82, 2.24) is 0 Å². The molecule has 10 heavy (non-hydrogen) atoms. The van der Waals surface area contributed by atoms with Crippen LogP contribution < -0.4 is 0 Å². The molecule has 0 bridgehead atoms. The Morgan fingerprint density at radius 3 is 2.20 bits per heavy atom. The largest absolute Gasteiger partial charge is 0.477 e. The number of carbonyl (C=O) groups is 2. The molecular weight excluding hydrogens is 152 g/mol. The highest BCUT2D eigenvalue weighted by Gasteiger charge is 2.34. The fraction of sp³-hybridized carbons (Fsp3) is 0.500. The lowest BCUT2D eigenvalue weighted by Crippen LogP contribution is -2.22. The molecule has 54 valence electrons. The molecular formula is C6H6O3S. The van der Waals surface area contributed by atoms with Crippen molar-refractivity contribution in [2.45, 2.75) is 12.8 Å². The van der Waals surface area contributed by atoms with Gasteiger partial charge in [0.2, 0.25) is 0 Å². The third kappa shape index (κ3) is 1.39. The van der Waals surface area contributed by atoms with E-state index in [0.29, 0.717) is 0 Å². The number of carboxylic acids is 1. The molecule has 1 rings (SSSR count). The lowest BCUT2D eigenvalue weighted by atomic mass is 10.2. The van der Waals surface area contributed by atoms with Crippen LogP contribution in [-0.2, 0) is 9.59 Å². The highest BCUT2D eigenvalue weighted by molar-refractivity contribution is 7.83. The highest BCUT2D eigenvalue weighted by atomic mass is 32.1. The molecule has 1 saturated carbocycles. The van der Waals surface area contributed by atoms with Gasteiger partial charge in [0.05, 0.1) is 0 Å². The van der Waals surface area contributed by atoms with Crippen molar-refractivity contribution in [1.29, 1.82) is 0 Å². The van der Waals surface area contributed by atoms with Gasteiger partial charge in [-0.2, -0.15) is 0 Å². The van der Waals surface area contributed by atoms with Gasteiger partial charge in [0.25, 0.3) is 0 Å². The van der Waals surface area contributed by atoms with E-state index in [1.807, 2.05) is 0 Å². The molecule has 0 atom stereocenters. The number of hydrogen-bond acceptors (Lipinski definition) is 3. The molecule has 0 heterocycles. The summed E-state index contributed by atoms with van der Waals surface area (Å²) in [7, 11) is 0. The average Bonchev–Trinajstić information content (AvgIpc) is 2.65. The van der Waals surface area contributed by atoms with Crippen LogP contribution in [0.4, 0.5) is 0 Å². The molecule has 0 radical (unpaired) electrons. The summed E-state index contributed by atoms with van der Waals surface area (Å²) in [5, 5.41) is 8.27. The number of rotatable bonds is 3. The van der Waals surface area contributed by atoms with Crippen molar-refractivity contribution in [3.63, 3.8) is 0 Å². The summed E-state index contributed by atoms with van der Waals surface area (Å²) in [6.45, 7) is 0. The smallest absolute Gasteiger partial charge is 0.350 e. The first-order chi connectivity index (χ1) is 4.63. The van der Waals surface area contributed by atoms with Gasteiger partial charge in [-0.3, -0.25) is 4.79 Å². The first kappa shape index (κ1) is 7.34. The SMILES string of the molecule is O=C(O)C(=S)C(=O)C1CC1. The Morgan fingerprint density at radius 1 is 1.40 bits per heavy atom. The van der Waals surface area contributed by atoms with Crippen LogP contribution in [0.1, 0.15) is 12.8 Å². The quantitative estimate of drug-likeness (QED) is 0.477. The number of hydrogen-bond donors (Lipinski definition) is 1. The topological polar surface area (TPSA) is 54.4 Å². The van der Waals surface area contributed by atoms with E-state index in [4.69, 9.17) is 5.11 Å². The predicted octanol–water partition coefficient (Wildman–Crippen LogP) is 0.420. The third-order valence-electron chi connectivity index (χ3n) is 1.37. The fourth-order valence-corrected chi connectivity index (χ4v) is 0.803. The number of thiocarbonyl (C=S) groups is 1. The Bertz CT molecular complexity index is 205. The highest BCUT2D eigenvalue weighted by Crippen LogP contribution is 2.30. The molecule has 1 N–H and O–H groups in total. The average molecular weight is 158 g/mol. The predicted molar refractivity (Wildman–Crippen MR) is 38.0 cm³/mol. The zero-order valence-corrected chi connectivity index (χ0v) is 5.98. The van der Waals surface area contributed by atoms with E-state index in [-0.39, 0.29) is 11.7 Å². The standard InChI is InChI=1S/C6H6O3S/c7-4(3-1-2-3)5(10)6(8)9/h3H,1-2H2,(H,8,9). The van der Waals surface area contributed by atoms with Crippen LogP contribution >= 0.6 is 12.2 Å². The van der Waals surface area contributed by atoms with E-state index in [1.165, 1.54) is 0 Å². The number of ketones is 1. The van der Waals surface area contributed by atoms with Gasteiger partial charge in [-0.15, -0.1) is 0 Å². The molecule has 1 aliphatic carbocycles. The molecule has 0 aromatic heterocycles. The Hall–Kier alpha value is -0.770. The Kier molecular flexibility index (Phi) is 1.80. The van der Waals surface area contributed by atoms with Crippen molar-refractivity contribution in [2.24, 2.45) is 5.92 Å². The summed E-state index contributed by atoms with van der Waals surface area (Å²) in [6.07, 6.45) is 1.60. The minimum atomic E-state index is -1.27. The van der Waals surface area contributed by atoms with Gasteiger partial charge < -0.3 is 5.11 Å². The van der Waals surface area contributed by atoms with Gasteiger partial charge in [-0.05, 0) is 12.8 Å². The van der Waals surface area contributed by atoms with Gasteiger partial charge in [0, 0.05) is 5.92 Å². The Balaban J connectivity index is 2.55. The molecule has 4 heteroatoms. The van der Waals surface area contributed by atoms with Gasteiger partial charge >= 0.3 is 5.97 Å². The number of carboxylic acid groups (broad SMARTS) is 1. The summed E-state index contributed by atoms with van der Waals surface area (Å²) in [4.78, 5) is 20.5. The monoisotopic (exact) mass is 158 g/mol. The van der Waals surface area contributed by atoms with Crippen molar-refractivity contribution < 1.29 is 14.7 Å². The van der Waals surface area contributed by atoms with Gasteiger partial charge in [-0.1, -0.05) is 12.2 Å². The van der Waals surface area contributed by atoms with E-state index >= 15 is 0 Å². The van der Waals surface area contributed by atoms with Crippen LogP contribution in [0.3, 0.4) is 0 Å². The van der Waals surface area contributed by atoms with Crippen molar-refractivity contribution in [2.75, 3.05) is 0 Å². The Labute approximate surface area is 63.0 Å². The normalized spacial score (nSPS) is 16.4. The summed E-state index contributed by atoms with van der Waals surface area (Å²) >= 11 is 4.37. The maximum atomic E-state index is 10.8. The summed E-state index contributed by atoms with van der Waals surface area (Å²) in [6, 6.07) is 0. The van der Waals surface area contributed by atoms with E-state index in [0.717, 1.165) is 12.8 Å². The molecule has 0 spiro atoms.